The molecule has 9 nitrogen and oxygen atoms in total. The molecular weight excluding hydrogens is 616 g/mol. The number of hydrogen-bond donors (Lipinski definition) is 4. The quantitative estimate of drug-likeness (QED) is 0.0844. The van der Waals surface area contributed by atoms with Gasteiger partial charge in [0.25, 0.3) is 0 Å². The van der Waals surface area contributed by atoms with Gasteiger partial charge in [-0.15, -0.1) is 6.58 Å². The molecule has 0 bridgehead atoms. The summed E-state index contributed by atoms with van der Waals surface area (Å²) in [4.78, 5) is 27.0. The number of nitrogens with zero attached hydrogens (tertiary/aromatic N) is 1. The molecule has 256 valence electrons. The Morgan fingerprint density at radius 3 is 2.39 bits per heavy atom. The lowest BCUT2D eigenvalue weighted by molar-refractivity contribution is -0.252. The number of para-hydroxylation sites is 2. The fourth-order valence-corrected chi connectivity index (χ4v) is 5.92. The SMILES string of the molecule is C=CCN(C)C[C@@H]1C[C@H](c2ccc(CO)cc2)O[C@H](c2cccc(-c3cccc(CNC(=O)CCCC(=O)Nc4ccccc4N)c3)c2)O1. The van der Waals surface area contributed by atoms with Crippen LogP contribution in [0.2, 0.25) is 0 Å². The molecule has 49 heavy (non-hydrogen) atoms. The number of rotatable bonds is 15. The highest BCUT2D eigenvalue weighted by atomic mass is 16.7. The molecule has 3 atom stereocenters. The summed E-state index contributed by atoms with van der Waals surface area (Å²) in [5.74, 6) is -0.285. The Morgan fingerprint density at radius 2 is 1.63 bits per heavy atom. The zero-order valence-corrected chi connectivity index (χ0v) is 28.0. The Hall–Kier alpha value is -4.80. The fourth-order valence-electron chi connectivity index (χ4n) is 5.92. The number of nitrogens with two attached hydrogens (primary N) is 1. The Morgan fingerprint density at radius 1 is 0.898 bits per heavy atom. The van der Waals surface area contributed by atoms with E-state index in [9.17, 15) is 14.7 Å². The molecule has 2 amide bonds. The summed E-state index contributed by atoms with van der Waals surface area (Å²) in [5, 5.41) is 15.3. The number of likely N-dealkylation sites (N-methyl/N-ethyl adjacent to an activating group) is 1. The van der Waals surface area contributed by atoms with E-state index in [0.29, 0.717) is 30.8 Å². The molecule has 1 aliphatic rings. The van der Waals surface area contributed by atoms with Gasteiger partial charge in [-0.25, -0.2) is 0 Å². The van der Waals surface area contributed by atoms with Gasteiger partial charge in [-0.1, -0.05) is 78.9 Å². The average molecular weight is 663 g/mol. The standard InChI is InChI=1S/C40H46N4O5/c1-3-21-44(2)26-34-24-37(30-19-17-28(27-45)18-20-30)49-40(48-34)33-12-7-11-32(23-33)31-10-6-9-29(22-31)25-42-38(46)15-8-16-39(47)43-36-14-5-4-13-35(36)41/h3-7,9-14,17-20,22-23,34,37,40,45H,1,8,15-16,21,24-27,41H2,2H3,(H,42,46)(H,43,47)/t34-,37+,40+/m0/s1. The van der Waals surface area contributed by atoms with Crippen molar-refractivity contribution >= 4 is 23.2 Å². The summed E-state index contributed by atoms with van der Waals surface area (Å²) in [7, 11) is 2.05. The first-order valence-electron chi connectivity index (χ1n) is 16.7. The lowest BCUT2D eigenvalue weighted by Crippen LogP contribution is -2.37. The molecule has 9 heteroatoms. The van der Waals surface area contributed by atoms with Crippen molar-refractivity contribution in [2.24, 2.45) is 0 Å². The van der Waals surface area contributed by atoms with Crippen LogP contribution in [0.3, 0.4) is 0 Å². The number of aliphatic hydroxyl groups excluding tert-OH is 1. The van der Waals surface area contributed by atoms with Crippen LogP contribution in [0.15, 0.2) is 110 Å². The number of benzene rings is 4. The topological polar surface area (TPSA) is 126 Å². The number of carbonyl (C=O) groups excluding carboxylic acids is 2. The van der Waals surface area contributed by atoms with Gasteiger partial charge < -0.3 is 35.8 Å². The van der Waals surface area contributed by atoms with Gasteiger partial charge in [-0.05, 0) is 65.6 Å². The Labute approximate surface area is 288 Å². The van der Waals surface area contributed by atoms with Gasteiger partial charge in [0.1, 0.15) is 0 Å². The molecule has 0 saturated carbocycles. The molecule has 4 aromatic carbocycles. The van der Waals surface area contributed by atoms with Crippen molar-refractivity contribution in [1.29, 1.82) is 0 Å². The van der Waals surface area contributed by atoms with Gasteiger partial charge in [-0.3, -0.25) is 9.59 Å². The summed E-state index contributed by atoms with van der Waals surface area (Å²) in [5.41, 5.74) is 12.8. The monoisotopic (exact) mass is 662 g/mol. The van der Waals surface area contributed by atoms with Gasteiger partial charge >= 0.3 is 0 Å². The van der Waals surface area contributed by atoms with Crippen LogP contribution in [-0.2, 0) is 32.2 Å². The molecule has 0 aliphatic carbocycles. The number of nitrogens with one attached hydrogen (secondary N) is 2. The summed E-state index contributed by atoms with van der Waals surface area (Å²) in [6.45, 7) is 5.74. The fraction of sp³-hybridized carbons (Fsp3) is 0.300. The first kappa shape index (κ1) is 35.5. The van der Waals surface area contributed by atoms with Crippen LogP contribution < -0.4 is 16.4 Å². The predicted octanol–water partition coefficient (Wildman–Crippen LogP) is 6.52. The van der Waals surface area contributed by atoms with Gasteiger partial charge in [-0.2, -0.15) is 0 Å². The second-order valence-corrected chi connectivity index (χ2v) is 12.5. The maximum absolute atomic E-state index is 12.6. The molecule has 1 aliphatic heterocycles. The molecule has 0 aromatic heterocycles. The highest BCUT2D eigenvalue weighted by Crippen LogP contribution is 2.39. The molecule has 4 aromatic rings. The van der Waals surface area contributed by atoms with E-state index in [-0.39, 0.29) is 43.5 Å². The highest BCUT2D eigenvalue weighted by Gasteiger charge is 2.32. The number of carbonyl (C=O) groups is 2. The van der Waals surface area contributed by atoms with Crippen LogP contribution in [0.25, 0.3) is 11.1 Å². The molecule has 1 saturated heterocycles. The first-order valence-corrected chi connectivity index (χ1v) is 16.7. The maximum Gasteiger partial charge on any atom is 0.224 e. The van der Waals surface area contributed by atoms with E-state index in [0.717, 1.165) is 46.5 Å². The first-order chi connectivity index (χ1) is 23.8. The minimum atomic E-state index is -0.562. The number of amides is 2. The zero-order valence-electron chi connectivity index (χ0n) is 28.0. The Bertz CT molecular complexity index is 1710. The Kier molecular flexibility index (Phi) is 12.7. The van der Waals surface area contributed by atoms with E-state index < -0.39 is 6.29 Å². The van der Waals surface area contributed by atoms with Gasteiger partial charge in [0, 0.05) is 44.5 Å². The Balaban J connectivity index is 1.20. The van der Waals surface area contributed by atoms with Crippen molar-refractivity contribution in [2.75, 3.05) is 31.2 Å². The van der Waals surface area contributed by atoms with Gasteiger partial charge in [0.15, 0.2) is 6.29 Å². The van der Waals surface area contributed by atoms with E-state index in [1.54, 1.807) is 18.2 Å². The number of anilines is 2. The van der Waals surface area contributed by atoms with E-state index in [1.165, 1.54) is 0 Å². The normalized spacial score (nSPS) is 17.4. The maximum atomic E-state index is 12.6. The van der Waals surface area contributed by atoms with Crippen molar-refractivity contribution in [3.63, 3.8) is 0 Å². The zero-order chi connectivity index (χ0) is 34.6. The molecule has 0 unspecified atom stereocenters. The molecule has 0 radical (unpaired) electrons. The summed E-state index contributed by atoms with van der Waals surface area (Å²) in [6, 6.07) is 31.2. The third-order valence-corrected chi connectivity index (χ3v) is 8.52. The van der Waals surface area contributed by atoms with Crippen LogP contribution >= 0.6 is 0 Å². The summed E-state index contributed by atoms with van der Waals surface area (Å²) in [6.07, 6.45) is 2.72. The van der Waals surface area contributed by atoms with E-state index in [1.807, 2.05) is 66.7 Å². The second-order valence-electron chi connectivity index (χ2n) is 12.5. The molecule has 1 heterocycles. The van der Waals surface area contributed by atoms with E-state index in [4.69, 9.17) is 15.2 Å². The molecule has 5 N–H and O–H groups in total. The number of nitrogen functional groups attached to an aromatic ring is 1. The molecule has 0 spiro atoms. The molecule has 5 rings (SSSR count). The van der Waals surface area contributed by atoms with Crippen LogP contribution in [-0.4, -0.2) is 48.1 Å². The van der Waals surface area contributed by atoms with E-state index in [2.05, 4.69) is 47.4 Å². The number of aliphatic hydroxyl groups is 1. The minimum absolute atomic E-state index is 0.000910. The van der Waals surface area contributed by atoms with Gasteiger partial charge in [0.05, 0.1) is 30.2 Å². The van der Waals surface area contributed by atoms with Crippen molar-refractivity contribution in [3.8, 4) is 11.1 Å². The largest absolute Gasteiger partial charge is 0.397 e. The molecule has 1 fully saturated rings. The summed E-state index contributed by atoms with van der Waals surface area (Å²) < 4.78 is 13.1. The van der Waals surface area contributed by atoms with Crippen LogP contribution in [0.4, 0.5) is 11.4 Å². The molecular formula is C40H46N4O5. The average Bonchev–Trinajstić information content (AvgIpc) is 3.12. The van der Waals surface area contributed by atoms with Crippen molar-refractivity contribution in [1.82, 2.24) is 10.2 Å². The number of ether oxygens (including phenoxy) is 2. The number of hydrogen-bond acceptors (Lipinski definition) is 7. The third-order valence-electron chi connectivity index (χ3n) is 8.52. The highest BCUT2D eigenvalue weighted by molar-refractivity contribution is 5.94. The van der Waals surface area contributed by atoms with Crippen LogP contribution in [0, 0.1) is 0 Å². The van der Waals surface area contributed by atoms with E-state index >= 15 is 0 Å². The third kappa shape index (κ3) is 10.3. The van der Waals surface area contributed by atoms with Crippen molar-refractivity contribution < 1.29 is 24.2 Å². The van der Waals surface area contributed by atoms with Crippen molar-refractivity contribution in [3.05, 3.63) is 132 Å². The van der Waals surface area contributed by atoms with Crippen LogP contribution in [0.5, 0.6) is 0 Å². The smallest absolute Gasteiger partial charge is 0.224 e. The van der Waals surface area contributed by atoms with Crippen molar-refractivity contribution in [2.45, 2.75) is 57.3 Å². The van der Waals surface area contributed by atoms with Crippen LogP contribution in [0.1, 0.15) is 60.3 Å². The minimum Gasteiger partial charge on any atom is -0.397 e. The summed E-state index contributed by atoms with van der Waals surface area (Å²) >= 11 is 0. The second kappa shape index (κ2) is 17.6. The van der Waals surface area contributed by atoms with Gasteiger partial charge in [0.2, 0.25) is 11.8 Å². The lowest BCUT2D eigenvalue weighted by Gasteiger charge is -2.37. The lowest BCUT2D eigenvalue weighted by atomic mass is 9.98. The predicted molar refractivity (Wildman–Crippen MR) is 193 cm³/mol.